The number of ether oxygens (including phenoxy) is 1. The lowest BCUT2D eigenvalue weighted by Crippen LogP contribution is -2.27. The molecule has 0 radical (unpaired) electrons. The van der Waals surface area contributed by atoms with Gasteiger partial charge in [0.2, 0.25) is 0 Å². The highest BCUT2D eigenvalue weighted by molar-refractivity contribution is 5.79. The summed E-state index contributed by atoms with van der Waals surface area (Å²) in [6.07, 6.45) is 6.01. The maximum absolute atomic E-state index is 11.9. The van der Waals surface area contributed by atoms with Gasteiger partial charge >= 0.3 is 0 Å². The van der Waals surface area contributed by atoms with Crippen molar-refractivity contribution >= 4 is 5.78 Å². The van der Waals surface area contributed by atoms with Crippen molar-refractivity contribution in [3.8, 4) is 0 Å². The van der Waals surface area contributed by atoms with Crippen LogP contribution in [0.5, 0.6) is 0 Å². The first-order valence-corrected chi connectivity index (χ1v) is 6.52. The Kier molecular flexibility index (Phi) is 7.65. The van der Waals surface area contributed by atoms with Gasteiger partial charge in [-0.1, -0.05) is 39.5 Å². The molecule has 0 aromatic rings. The average molecular weight is 228 g/mol. The number of methoxy groups -OCH3 is 1. The van der Waals surface area contributed by atoms with Crippen LogP contribution in [0.3, 0.4) is 0 Å². The summed E-state index contributed by atoms with van der Waals surface area (Å²) in [5, 5.41) is 0. The molecular weight excluding hydrogens is 200 g/mol. The Hall–Kier alpha value is -0.370. The summed E-state index contributed by atoms with van der Waals surface area (Å²) in [4.78, 5) is 11.9. The van der Waals surface area contributed by atoms with E-state index in [2.05, 4.69) is 13.8 Å². The molecule has 96 valence electrons. The quantitative estimate of drug-likeness (QED) is 0.596. The molecule has 16 heavy (non-hydrogen) atoms. The maximum atomic E-state index is 11.9. The summed E-state index contributed by atoms with van der Waals surface area (Å²) in [6, 6.07) is 0. The van der Waals surface area contributed by atoms with E-state index in [4.69, 9.17) is 4.74 Å². The second-order valence-corrected chi connectivity index (χ2v) is 5.30. The van der Waals surface area contributed by atoms with Crippen molar-refractivity contribution in [2.75, 3.05) is 7.11 Å². The van der Waals surface area contributed by atoms with Gasteiger partial charge in [0, 0.05) is 20.0 Å². The van der Waals surface area contributed by atoms with Crippen LogP contribution in [0.4, 0.5) is 0 Å². The van der Waals surface area contributed by atoms with E-state index in [-0.39, 0.29) is 5.60 Å². The highest BCUT2D eigenvalue weighted by atomic mass is 16.5. The van der Waals surface area contributed by atoms with Gasteiger partial charge in [-0.05, 0) is 19.8 Å². The topological polar surface area (TPSA) is 26.3 Å². The smallest absolute Gasteiger partial charge is 0.136 e. The Morgan fingerprint density at radius 2 is 1.94 bits per heavy atom. The molecule has 0 amide bonds. The van der Waals surface area contributed by atoms with E-state index in [9.17, 15) is 4.79 Å². The van der Waals surface area contributed by atoms with Gasteiger partial charge in [0.15, 0.2) is 0 Å². The number of carbonyl (C=O) groups excluding carboxylic acids is 1. The van der Waals surface area contributed by atoms with Crippen LogP contribution in [0.15, 0.2) is 0 Å². The third kappa shape index (κ3) is 7.00. The zero-order valence-electron chi connectivity index (χ0n) is 11.6. The number of unbranched alkanes of at least 4 members (excludes halogenated alkanes) is 1. The summed E-state index contributed by atoms with van der Waals surface area (Å²) < 4.78 is 5.28. The SMILES string of the molecule is CCCCC(CC)CC(=O)CC(C)(C)OC. The van der Waals surface area contributed by atoms with E-state index in [1.807, 2.05) is 13.8 Å². The molecule has 0 saturated carbocycles. The van der Waals surface area contributed by atoms with Crippen molar-refractivity contribution in [1.29, 1.82) is 0 Å². The molecule has 0 aromatic heterocycles. The first-order valence-electron chi connectivity index (χ1n) is 6.52. The molecule has 0 N–H and O–H groups in total. The number of Topliss-reactive ketones (excluding diaryl/α,β-unsaturated/α-hetero) is 1. The van der Waals surface area contributed by atoms with Crippen molar-refractivity contribution in [3.63, 3.8) is 0 Å². The molecule has 2 heteroatoms. The molecule has 0 aliphatic heterocycles. The molecule has 0 rings (SSSR count). The molecule has 0 bridgehead atoms. The standard InChI is InChI=1S/C14H28O2/c1-6-8-9-12(7-2)10-13(15)11-14(3,4)16-5/h12H,6-11H2,1-5H3. The third-order valence-corrected chi connectivity index (χ3v) is 3.24. The lowest BCUT2D eigenvalue weighted by molar-refractivity contribution is -0.125. The number of hydrogen-bond acceptors (Lipinski definition) is 2. The van der Waals surface area contributed by atoms with Crippen LogP contribution < -0.4 is 0 Å². The molecule has 0 aromatic carbocycles. The molecule has 1 unspecified atom stereocenters. The zero-order chi connectivity index (χ0) is 12.6. The van der Waals surface area contributed by atoms with Crippen molar-refractivity contribution < 1.29 is 9.53 Å². The first kappa shape index (κ1) is 15.6. The van der Waals surface area contributed by atoms with E-state index in [0.29, 0.717) is 18.1 Å². The lowest BCUT2D eigenvalue weighted by Gasteiger charge is -2.23. The van der Waals surface area contributed by atoms with Crippen LogP contribution >= 0.6 is 0 Å². The third-order valence-electron chi connectivity index (χ3n) is 3.24. The Bertz CT molecular complexity index is 197. The van der Waals surface area contributed by atoms with E-state index in [0.717, 1.165) is 12.8 Å². The number of ketones is 1. The normalized spacial score (nSPS) is 13.8. The van der Waals surface area contributed by atoms with E-state index in [1.165, 1.54) is 19.3 Å². The Balaban J connectivity index is 4.00. The molecule has 0 aliphatic carbocycles. The second-order valence-electron chi connectivity index (χ2n) is 5.30. The van der Waals surface area contributed by atoms with Gasteiger partial charge in [-0.2, -0.15) is 0 Å². The van der Waals surface area contributed by atoms with Crippen LogP contribution in [0, 0.1) is 5.92 Å². The molecule has 0 heterocycles. The summed E-state index contributed by atoms with van der Waals surface area (Å²) in [5.41, 5.74) is -0.305. The van der Waals surface area contributed by atoms with Crippen LogP contribution in [0.2, 0.25) is 0 Å². The van der Waals surface area contributed by atoms with Crippen molar-refractivity contribution in [2.24, 2.45) is 5.92 Å². The van der Waals surface area contributed by atoms with Gasteiger partial charge in [-0.25, -0.2) is 0 Å². The minimum absolute atomic E-state index is 0.305. The van der Waals surface area contributed by atoms with Gasteiger partial charge in [0.05, 0.1) is 5.60 Å². The fraction of sp³-hybridized carbons (Fsp3) is 0.929. The molecule has 0 fully saturated rings. The predicted molar refractivity (Wildman–Crippen MR) is 68.6 cm³/mol. The highest BCUT2D eigenvalue weighted by Gasteiger charge is 2.22. The van der Waals surface area contributed by atoms with Crippen LogP contribution in [0.25, 0.3) is 0 Å². The number of rotatable bonds is 9. The van der Waals surface area contributed by atoms with Crippen molar-refractivity contribution in [3.05, 3.63) is 0 Å². The minimum atomic E-state index is -0.305. The van der Waals surface area contributed by atoms with Gasteiger partial charge < -0.3 is 4.74 Å². The predicted octanol–water partition coefficient (Wildman–Crippen LogP) is 3.98. The molecule has 0 aliphatic rings. The fourth-order valence-corrected chi connectivity index (χ4v) is 1.88. The van der Waals surface area contributed by atoms with Crippen LogP contribution in [-0.4, -0.2) is 18.5 Å². The molecule has 1 atom stereocenters. The van der Waals surface area contributed by atoms with E-state index in [1.54, 1.807) is 7.11 Å². The number of carbonyl (C=O) groups is 1. The largest absolute Gasteiger partial charge is 0.378 e. The maximum Gasteiger partial charge on any atom is 0.136 e. The number of hydrogen-bond donors (Lipinski definition) is 0. The average Bonchev–Trinajstić information content (AvgIpc) is 2.23. The minimum Gasteiger partial charge on any atom is -0.378 e. The van der Waals surface area contributed by atoms with Gasteiger partial charge in [0.25, 0.3) is 0 Å². The zero-order valence-corrected chi connectivity index (χ0v) is 11.6. The fourth-order valence-electron chi connectivity index (χ4n) is 1.88. The van der Waals surface area contributed by atoms with Crippen molar-refractivity contribution in [2.45, 2.75) is 71.8 Å². The first-order chi connectivity index (χ1) is 7.45. The molecule has 2 nitrogen and oxygen atoms in total. The van der Waals surface area contributed by atoms with E-state index >= 15 is 0 Å². The van der Waals surface area contributed by atoms with Crippen LogP contribution in [0.1, 0.15) is 66.2 Å². The molecule has 0 spiro atoms. The summed E-state index contributed by atoms with van der Waals surface area (Å²) in [6.45, 7) is 8.31. The van der Waals surface area contributed by atoms with Gasteiger partial charge in [0.1, 0.15) is 5.78 Å². The Morgan fingerprint density at radius 3 is 2.38 bits per heavy atom. The van der Waals surface area contributed by atoms with Crippen LogP contribution in [-0.2, 0) is 9.53 Å². The summed E-state index contributed by atoms with van der Waals surface area (Å²) >= 11 is 0. The second kappa shape index (κ2) is 7.83. The van der Waals surface area contributed by atoms with Crippen molar-refractivity contribution in [1.82, 2.24) is 0 Å². The Labute approximate surface area is 101 Å². The molecule has 0 saturated heterocycles. The Morgan fingerprint density at radius 1 is 1.31 bits per heavy atom. The van der Waals surface area contributed by atoms with Gasteiger partial charge in [-0.15, -0.1) is 0 Å². The molecular formula is C14H28O2. The monoisotopic (exact) mass is 228 g/mol. The summed E-state index contributed by atoms with van der Waals surface area (Å²) in [7, 11) is 1.67. The van der Waals surface area contributed by atoms with E-state index < -0.39 is 0 Å². The summed E-state index contributed by atoms with van der Waals surface area (Å²) in [5.74, 6) is 0.912. The lowest BCUT2D eigenvalue weighted by atomic mass is 9.90. The highest BCUT2D eigenvalue weighted by Crippen LogP contribution is 2.21. The van der Waals surface area contributed by atoms with Gasteiger partial charge in [-0.3, -0.25) is 4.79 Å².